The van der Waals surface area contributed by atoms with Crippen molar-refractivity contribution in [3.63, 3.8) is 0 Å². The Bertz CT molecular complexity index is 163. The van der Waals surface area contributed by atoms with Crippen LogP contribution in [0.5, 0.6) is 0 Å². The van der Waals surface area contributed by atoms with Crippen molar-refractivity contribution in [2.75, 3.05) is 13.2 Å². The molecule has 0 aromatic rings. The largest absolute Gasteiger partial charge is 0.501 e. The fourth-order valence-corrected chi connectivity index (χ4v) is 1.09. The second kappa shape index (κ2) is 3.24. The molecule has 3 nitrogen and oxygen atoms in total. The maximum absolute atomic E-state index is 8.92. The van der Waals surface area contributed by atoms with Crippen molar-refractivity contribution < 1.29 is 9.84 Å². The van der Waals surface area contributed by atoms with E-state index < -0.39 is 5.54 Å². The van der Waals surface area contributed by atoms with Crippen LogP contribution in [0.15, 0.2) is 11.8 Å². The van der Waals surface area contributed by atoms with Gasteiger partial charge in [0.25, 0.3) is 0 Å². The summed E-state index contributed by atoms with van der Waals surface area (Å²) in [6.07, 6.45) is 3.62. The Morgan fingerprint density at radius 1 is 1.82 bits per heavy atom. The fourth-order valence-electron chi connectivity index (χ4n) is 1.09. The first kappa shape index (κ1) is 8.56. The Hall–Kier alpha value is -0.540. The minimum absolute atomic E-state index is 0.0256. The number of aliphatic hydroxyl groups is 1. The van der Waals surface area contributed by atoms with Crippen molar-refractivity contribution in [1.29, 1.82) is 0 Å². The van der Waals surface area contributed by atoms with E-state index in [1.54, 1.807) is 6.26 Å². The minimum Gasteiger partial charge on any atom is -0.501 e. The first-order chi connectivity index (χ1) is 5.17. The molecule has 0 saturated heterocycles. The second-order valence-electron chi connectivity index (χ2n) is 3.19. The van der Waals surface area contributed by atoms with E-state index in [1.807, 2.05) is 6.92 Å². The van der Waals surface area contributed by atoms with Crippen LogP contribution in [0.4, 0.5) is 0 Å². The van der Waals surface area contributed by atoms with Crippen molar-refractivity contribution in [3.05, 3.63) is 11.8 Å². The highest BCUT2D eigenvalue weighted by atomic mass is 16.5. The molecule has 1 aliphatic rings. The summed E-state index contributed by atoms with van der Waals surface area (Å²) in [5.41, 5.74) is 6.20. The average Bonchev–Trinajstić information content (AvgIpc) is 2.06. The van der Waals surface area contributed by atoms with Crippen LogP contribution in [-0.4, -0.2) is 23.9 Å². The van der Waals surface area contributed by atoms with E-state index in [0.717, 1.165) is 25.0 Å². The van der Waals surface area contributed by atoms with E-state index in [-0.39, 0.29) is 6.61 Å². The molecule has 1 rings (SSSR count). The molecule has 0 fully saturated rings. The van der Waals surface area contributed by atoms with Gasteiger partial charge in [-0.2, -0.15) is 0 Å². The molecule has 1 aliphatic heterocycles. The van der Waals surface area contributed by atoms with Crippen molar-refractivity contribution >= 4 is 0 Å². The zero-order valence-electron chi connectivity index (χ0n) is 6.84. The van der Waals surface area contributed by atoms with Crippen molar-refractivity contribution in [2.45, 2.75) is 25.3 Å². The van der Waals surface area contributed by atoms with Gasteiger partial charge < -0.3 is 15.6 Å². The summed E-state index contributed by atoms with van der Waals surface area (Å²) in [4.78, 5) is 0. The molecular weight excluding hydrogens is 142 g/mol. The SMILES string of the molecule is CC(N)(CO)C1=COCCC1. The maximum Gasteiger partial charge on any atom is 0.0876 e. The van der Waals surface area contributed by atoms with Crippen LogP contribution in [0.25, 0.3) is 0 Å². The third-order valence-corrected chi connectivity index (χ3v) is 2.00. The van der Waals surface area contributed by atoms with Gasteiger partial charge in [0.1, 0.15) is 0 Å². The number of aliphatic hydroxyl groups excluding tert-OH is 1. The molecule has 3 heteroatoms. The van der Waals surface area contributed by atoms with Gasteiger partial charge in [-0.15, -0.1) is 0 Å². The standard InChI is InChI=1S/C8H15NO2/c1-8(9,6-10)7-3-2-4-11-5-7/h5,10H,2-4,6,9H2,1H3. The quantitative estimate of drug-likeness (QED) is 0.609. The van der Waals surface area contributed by atoms with E-state index >= 15 is 0 Å². The van der Waals surface area contributed by atoms with Crippen molar-refractivity contribution in [2.24, 2.45) is 5.73 Å². The molecule has 3 N–H and O–H groups in total. The first-order valence-electron chi connectivity index (χ1n) is 3.88. The smallest absolute Gasteiger partial charge is 0.0876 e. The van der Waals surface area contributed by atoms with Gasteiger partial charge in [0.15, 0.2) is 0 Å². The number of hydrogen-bond donors (Lipinski definition) is 2. The van der Waals surface area contributed by atoms with Crippen LogP contribution < -0.4 is 5.73 Å². The Morgan fingerprint density at radius 3 is 3.00 bits per heavy atom. The van der Waals surface area contributed by atoms with Gasteiger partial charge in [-0.25, -0.2) is 0 Å². The topological polar surface area (TPSA) is 55.5 Å². The van der Waals surface area contributed by atoms with Crippen LogP contribution >= 0.6 is 0 Å². The van der Waals surface area contributed by atoms with Crippen molar-refractivity contribution in [3.8, 4) is 0 Å². The monoisotopic (exact) mass is 157 g/mol. The summed E-state index contributed by atoms with van der Waals surface area (Å²) in [6.45, 7) is 2.56. The third-order valence-electron chi connectivity index (χ3n) is 2.00. The third kappa shape index (κ3) is 1.94. The summed E-state index contributed by atoms with van der Waals surface area (Å²) in [5.74, 6) is 0. The zero-order valence-corrected chi connectivity index (χ0v) is 6.84. The number of rotatable bonds is 2. The molecule has 1 heterocycles. The maximum atomic E-state index is 8.92. The van der Waals surface area contributed by atoms with Gasteiger partial charge in [0, 0.05) is 0 Å². The van der Waals surface area contributed by atoms with Gasteiger partial charge >= 0.3 is 0 Å². The van der Waals surface area contributed by atoms with Gasteiger partial charge in [0.2, 0.25) is 0 Å². The molecule has 0 saturated carbocycles. The van der Waals surface area contributed by atoms with Gasteiger partial charge in [0.05, 0.1) is 25.0 Å². The summed E-state index contributed by atoms with van der Waals surface area (Å²) in [7, 11) is 0. The lowest BCUT2D eigenvalue weighted by atomic mass is 9.91. The molecule has 0 spiro atoms. The van der Waals surface area contributed by atoms with Gasteiger partial charge in [-0.05, 0) is 25.3 Å². The van der Waals surface area contributed by atoms with E-state index in [2.05, 4.69) is 0 Å². The Balaban J connectivity index is 2.64. The van der Waals surface area contributed by atoms with Crippen LogP contribution in [-0.2, 0) is 4.74 Å². The normalized spacial score (nSPS) is 23.4. The molecular formula is C8H15NO2. The number of hydrogen-bond acceptors (Lipinski definition) is 3. The van der Waals surface area contributed by atoms with E-state index in [4.69, 9.17) is 15.6 Å². The summed E-state index contributed by atoms with van der Waals surface area (Å²) < 4.78 is 5.12. The molecule has 64 valence electrons. The molecule has 0 amide bonds. The Morgan fingerprint density at radius 2 is 2.55 bits per heavy atom. The van der Waals surface area contributed by atoms with E-state index in [1.165, 1.54) is 0 Å². The van der Waals surface area contributed by atoms with Gasteiger partial charge in [-0.1, -0.05) is 0 Å². The molecule has 0 bridgehead atoms. The lowest BCUT2D eigenvalue weighted by molar-refractivity contribution is 0.188. The highest BCUT2D eigenvalue weighted by molar-refractivity contribution is 5.16. The predicted octanol–water partition coefficient (Wildman–Crippen LogP) is 0.390. The lowest BCUT2D eigenvalue weighted by Gasteiger charge is -2.27. The van der Waals surface area contributed by atoms with E-state index in [9.17, 15) is 0 Å². The predicted molar refractivity (Wildman–Crippen MR) is 42.9 cm³/mol. The van der Waals surface area contributed by atoms with Crippen molar-refractivity contribution in [1.82, 2.24) is 0 Å². The molecule has 11 heavy (non-hydrogen) atoms. The van der Waals surface area contributed by atoms with Crippen LogP contribution in [0.1, 0.15) is 19.8 Å². The van der Waals surface area contributed by atoms with Crippen LogP contribution in [0.3, 0.4) is 0 Å². The molecule has 1 unspecified atom stereocenters. The second-order valence-corrected chi connectivity index (χ2v) is 3.19. The van der Waals surface area contributed by atoms with Crippen LogP contribution in [0, 0.1) is 0 Å². The minimum atomic E-state index is -0.597. The summed E-state index contributed by atoms with van der Waals surface area (Å²) in [5, 5.41) is 8.92. The molecule has 1 atom stereocenters. The van der Waals surface area contributed by atoms with E-state index in [0.29, 0.717) is 0 Å². The molecule has 0 aliphatic carbocycles. The molecule has 0 aromatic carbocycles. The number of nitrogens with two attached hydrogens (primary N) is 1. The van der Waals surface area contributed by atoms with Gasteiger partial charge in [-0.3, -0.25) is 0 Å². The highest BCUT2D eigenvalue weighted by Gasteiger charge is 2.24. The average molecular weight is 157 g/mol. The summed E-state index contributed by atoms with van der Waals surface area (Å²) in [6, 6.07) is 0. The summed E-state index contributed by atoms with van der Waals surface area (Å²) >= 11 is 0. The zero-order chi connectivity index (χ0) is 8.32. The number of ether oxygens (including phenoxy) is 1. The lowest BCUT2D eigenvalue weighted by Crippen LogP contribution is -2.43. The Labute approximate surface area is 66.8 Å². The molecule has 0 aromatic heterocycles. The Kier molecular flexibility index (Phi) is 2.52. The highest BCUT2D eigenvalue weighted by Crippen LogP contribution is 2.21. The fraction of sp³-hybridized carbons (Fsp3) is 0.750. The first-order valence-corrected chi connectivity index (χ1v) is 3.88. The van der Waals surface area contributed by atoms with Crippen LogP contribution in [0.2, 0.25) is 0 Å². The molecule has 0 radical (unpaired) electrons.